The van der Waals surface area contributed by atoms with Gasteiger partial charge >= 0.3 is 0 Å². The monoisotopic (exact) mass is 240 g/mol. The number of hydrazine groups is 1. The molecular formula is C14H28N2O. The standard InChI is InChI=1S/C14H28N2O/c15-16-14(11-12-7-9-17-10-8-12)13-5-3-1-2-4-6-13/h12-14,16H,1-11,15H2. The molecular weight excluding hydrogens is 212 g/mol. The second-order valence-corrected chi connectivity index (χ2v) is 5.82. The van der Waals surface area contributed by atoms with Gasteiger partial charge in [0, 0.05) is 19.3 Å². The number of rotatable bonds is 4. The Bertz CT molecular complexity index is 196. The predicted molar refractivity (Wildman–Crippen MR) is 70.5 cm³/mol. The van der Waals surface area contributed by atoms with Crippen molar-refractivity contribution in [2.24, 2.45) is 17.7 Å². The summed E-state index contributed by atoms with van der Waals surface area (Å²) in [5.41, 5.74) is 3.11. The van der Waals surface area contributed by atoms with E-state index in [1.54, 1.807) is 0 Å². The fourth-order valence-electron chi connectivity index (χ4n) is 3.45. The molecule has 1 aliphatic carbocycles. The Balaban J connectivity index is 1.81. The summed E-state index contributed by atoms with van der Waals surface area (Å²) in [7, 11) is 0. The van der Waals surface area contributed by atoms with Crippen molar-refractivity contribution in [3.8, 4) is 0 Å². The smallest absolute Gasteiger partial charge is 0.0468 e. The van der Waals surface area contributed by atoms with Crippen LogP contribution in [0.15, 0.2) is 0 Å². The molecule has 0 radical (unpaired) electrons. The van der Waals surface area contributed by atoms with Gasteiger partial charge in [0.15, 0.2) is 0 Å². The minimum Gasteiger partial charge on any atom is -0.381 e. The van der Waals surface area contributed by atoms with Gasteiger partial charge in [-0.25, -0.2) is 0 Å². The lowest BCUT2D eigenvalue weighted by Gasteiger charge is -2.31. The summed E-state index contributed by atoms with van der Waals surface area (Å²) in [4.78, 5) is 0. The van der Waals surface area contributed by atoms with E-state index in [-0.39, 0.29) is 0 Å². The highest BCUT2D eigenvalue weighted by atomic mass is 16.5. The Kier molecular flexibility index (Phi) is 5.75. The molecule has 0 aromatic heterocycles. The third-order valence-corrected chi connectivity index (χ3v) is 4.61. The quantitative estimate of drug-likeness (QED) is 0.451. The highest BCUT2D eigenvalue weighted by Gasteiger charge is 2.25. The predicted octanol–water partition coefficient (Wildman–Crippen LogP) is 2.61. The van der Waals surface area contributed by atoms with Gasteiger partial charge in [0.2, 0.25) is 0 Å². The lowest BCUT2D eigenvalue weighted by atomic mass is 9.83. The minimum atomic E-state index is 0.538. The van der Waals surface area contributed by atoms with Crippen LogP contribution in [-0.2, 0) is 4.74 Å². The molecule has 1 unspecified atom stereocenters. The van der Waals surface area contributed by atoms with Crippen molar-refractivity contribution in [1.82, 2.24) is 5.43 Å². The van der Waals surface area contributed by atoms with E-state index >= 15 is 0 Å². The molecule has 100 valence electrons. The Morgan fingerprint density at radius 1 is 1.00 bits per heavy atom. The molecule has 0 bridgehead atoms. The molecule has 0 spiro atoms. The number of hydrogen-bond donors (Lipinski definition) is 2. The van der Waals surface area contributed by atoms with Gasteiger partial charge in [0.05, 0.1) is 0 Å². The van der Waals surface area contributed by atoms with Crippen LogP contribution < -0.4 is 11.3 Å². The molecule has 1 saturated carbocycles. The third-order valence-electron chi connectivity index (χ3n) is 4.61. The maximum Gasteiger partial charge on any atom is 0.0468 e. The molecule has 17 heavy (non-hydrogen) atoms. The number of nitrogens with two attached hydrogens (primary N) is 1. The maximum absolute atomic E-state index is 5.79. The molecule has 3 N–H and O–H groups in total. The van der Waals surface area contributed by atoms with Crippen molar-refractivity contribution in [1.29, 1.82) is 0 Å². The van der Waals surface area contributed by atoms with E-state index in [0.717, 1.165) is 25.0 Å². The zero-order valence-corrected chi connectivity index (χ0v) is 11.0. The summed E-state index contributed by atoms with van der Waals surface area (Å²) in [6, 6.07) is 0.538. The first-order valence-electron chi connectivity index (χ1n) is 7.44. The Hall–Kier alpha value is -0.120. The van der Waals surface area contributed by atoms with Crippen molar-refractivity contribution in [2.45, 2.75) is 63.8 Å². The van der Waals surface area contributed by atoms with Crippen molar-refractivity contribution in [3.63, 3.8) is 0 Å². The first-order chi connectivity index (χ1) is 8.40. The van der Waals surface area contributed by atoms with Crippen LogP contribution in [-0.4, -0.2) is 19.3 Å². The van der Waals surface area contributed by atoms with Crippen LogP contribution in [0.4, 0.5) is 0 Å². The van der Waals surface area contributed by atoms with Gasteiger partial charge in [-0.15, -0.1) is 0 Å². The van der Waals surface area contributed by atoms with E-state index in [4.69, 9.17) is 10.6 Å². The van der Waals surface area contributed by atoms with Crippen molar-refractivity contribution in [2.75, 3.05) is 13.2 Å². The van der Waals surface area contributed by atoms with E-state index in [9.17, 15) is 0 Å². The number of nitrogens with one attached hydrogen (secondary N) is 1. The summed E-state index contributed by atoms with van der Waals surface area (Å²) < 4.78 is 5.43. The Morgan fingerprint density at radius 3 is 2.24 bits per heavy atom. The van der Waals surface area contributed by atoms with Gasteiger partial charge in [-0.2, -0.15) is 0 Å². The number of hydrogen-bond acceptors (Lipinski definition) is 3. The molecule has 2 aliphatic rings. The van der Waals surface area contributed by atoms with E-state index in [2.05, 4.69) is 5.43 Å². The normalized spacial score (nSPS) is 26.6. The minimum absolute atomic E-state index is 0.538. The van der Waals surface area contributed by atoms with Crippen LogP contribution in [0.1, 0.15) is 57.8 Å². The van der Waals surface area contributed by atoms with Crippen molar-refractivity contribution in [3.05, 3.63) is 0 Å². The summed E-state index contributed by atoms with van der Waals surface area (Å²) in [6.07, 6.45) is 12.1. The van der Waals surface area contributed by atoms with Crippen molar-refractivity contribution >= 4 is 0 Å². The van der Waals surface area contributed by atoms with Gasteiger partial charge in [-0.3, -0.25) is 11.3 Å². The van der Waals surface area contributed by atoms with Crippen LogP contribution in [0.25, 0.3) is 0 Å². The zero-order chi connectivity index (χ0) is 11.9. The fourth-order valence-corrected chi connectivity index (χ4v) is 3.45. The molecule has 1 atom stereocenters. The Labute approximate surface area is 105 Å². The molecule has 0 amide bonds. The SMILES string of the molecule is NNC(CC1CCOCC1)C1CCCCCC1. The summed E-state index contributed by atoms with van der Waals surface area (Å²) in [5, 5.41) is 0. The van der Waals surface area contributed by atoms with Crippen LogP contribution in [0.2, 0.25) is 0 Å². The topological polar surface area (TPSA) is 47.3 Å². The van der Waals surface area contributed by atoms with E-state index in [1.807, 2.05) is 0 Å². The molecule has 0 aromatic carbocycles. The van der Waals surface area contributed by atoms with Gasteiger partial charge in [-0.1, -0.05) is 25.7 Å². The van der Waals surface area contributed by atoms with Gasteiger partial charge in [0.1, 0.15) is 0 Å². The van der Waals surface area contributed by atoms with E-state index in [0.29, 0.717) is 6.04 Å². The van der Waals surface area contributed by atoms with Gasteiger partial charge < -0.3 is 4.74 Å². The first-order valence-corrected chi connectivity index (χ1v) is 7.44. The fraction of sp³-hybridized carbons (Fsp3) is 1.00. The molecule has 3 nitrogen and oxygen atoms in total. The maximum atomic E-state index is 5.79. The summed E-state index contributed by atoms with van der Waals surface area (Å²) in [6.45, 7) is 1.90. The van der Waals surface area contributed by atoms with Crippen LogP contribution in [0, 0.1) is 11.8 Å². The Morgan fingerprint density at radius 2 is 1.65 bits per heavy atom. The van der Waals surface area contributed by atoms with Crippen LogP contribution in [0.5, 0.6) is 0 Å². The van der Waals surface area contributed by atoms with Gasteiger partial charge in [-0.05, 0) is 43.9 Å². The highest BCUT2D eigenvalue weighted by Crippen LogP contribution is 2.30. The van der Waals surface area contributed by atoms with Gasteiger partial charge in [0.25, 0.3) is 0 Å². The molecule has 1 saturated heterocycles. The molecule has 0 aromatic rings. The average molecular weight is 240 g/mol. The number of ether oxygens (including phenoxy) is 1. The lowest BCUT2D eigenvalue weighted by molar-refractivity contribution is 0.0572. The zero-order valence-electron chi connectivity index (χ0n) is 11.0. The lowest BCUT2D eigenvalue weighted by Crippen LogP contribution is -2.42. The van der Waals surface area contributed by atoms with E-state index < -0.39 is 0 Å². The summed E-state index contributed by atoms with van der Waals surface area (Å²) in [5.74, 6) is 7.43. The third kappa shape index (κ3) is 4.23. The molecule has 2 rings (SSSR count). The second-order valence-electron chi connectivity index (χ2n) is 5.82. The largest absolute Gasteiger partial charge is 0.381 e. The summed E-state index contributed by atoms with van der Waals surface area (Å²) >= 11 is 0. The first kappa shape index (κ1) is 13.3. The van der Waals surface area contributed by atoms with Crippen LogP contribution >= 0.6 is 0 Å². The molecule has 1 heterocycles. The molecule has 2 fully saturated rings. The average Bonchev–Trinajstić information content (AvgIpc) is 2.66. The second kappa shape index (κ2) is 7.34. The molecule has 3 heteroatoms. The highest BCUT2D eigenvalue weighted by molar-refractivity contribution is 4.80. The van der Waals surface area contributed by atoms with E-state index in [1.165, 1.54) is 57.8 Å². The molecule has 1 aliphatic heterocycles. The van der Waals surface area contributed by atoms with Crippen LogP contribution in [0.3, 0.4) is 0 Å². The van der Waals surface area contributed by atoms with Crippen molar-refractivity contribution < 1.29 is 4.74 Å².